The van der Waals surface area contributed by atoms with Crippen molar-refractivity contribution in [3.05, 3.63) is 0 Å². The predicted octanol–water partition coefficient (Wildman–Crippen LogP) is -1.10. The summed E-state index contributed by atoms with van der Waals surface area (Å²) in [6, 6.07) is 0. The van der Waals surface area contributed by atoms with Crippen LogP contribution in [-0.2, 0) is 23.5 Å². The Hall–Kier alpha value is -0.800. The van der Waals surface area contributed by atoms with Gasteiger partial charge in [0.2, 0.25) is 0 Å². The predicted molar refractivity (Wildman–Crippen MR) is 66.9 cm³/mol. The number of hydrogen-bond donors (Lipinski definition) is 6. The maximum atomic E-state index is 11.3. The van der Waals surface area contributed by atoms with Crippen LogP contribution in [0.3, 0.4) is 0 Å². The topological polar surface area (TPSA) is 199 Å². The smallest absolute Gasteiger partial charge is 0.340 e. The molecule has 0 aromatic heterocycles. The van der Waals surface area contributed by atoms with Crippen molar-refractivity contribution in [3.63, 3.8) is 0 Å². The van der Waals surface area contributed by atoms with E-state index in [1.807, 2.05) is 0 Å². The molecule has 0 spiro atoms. The average molecular weight is 350 g/mol. The van der Waals surface area contributed by atoms with E-state index in [-0.39, 0.29) is 6.61 Å². The summed E-state index contributed by atoms with van der Waals surface area (Å²) in [5, 5.41) is 17.8. The second-order valence-electron chi connectivity index (χ2n) is 4.19. The first-order valence-corrected chi connectivity index (χ1v) is 8.75. The average Bonchev–Trinajstić information content (AvgIpc) is 2.20. The van der Waals surface area contributed by atoms with Gasteiger partial charge in [0.05, 0.1) is 0 Å². The van der Waals surface area contributed by atoms with Crippen molar-refractivity contribution < 1.29 is 53.2 Å². The SMILES string of the molecule is COCCC(C(C(=O)O)P(=O)(O)O)C(C(=O)O)P(=O)(O)O. The van der Waals surface area contributed by atoms with Gasteiger partial charge < -0.3 is 34.5 Å². The van der Waals surface area contributed by atoms with Crippen LogP contribution in [0.1, 0.15) is 6.42 Å². The molecule has 0 heterocycles. The fraction of sp³-hybridized carbons (Fsp3) is 0.750. The van der Waals surface area contributed by atoms with Crippen molar-refractivity contribution in [1.82, 2.24) is 0 Å². The summed E-state index contributed by atoms with van der Waals surface area (Å²) in [5.74, 6) is -6.12. The number of carboxylic acids is 2. The zero-order valence-electron chi connectivity index (χ0n) is 10.8. The Labute approximate surface area is 118 Å². The number of aliphatic carboxylic acids is 2. The van der Waals surface area contributed by atoms with Gasteiger partial charge in [-0.15, -0.1) is 0 Å². The standard InChI is InChI=1S/C8H16O11P2/c1-19-3-2-4(5(7(9)10)20(13,14)15)6(8(11)12)21(16,17)18/h4-6H,2-3H2,1H3,(H,9,10)(H,11,12)(H2,13,14,15)(H2,16,17,18). The first-order valence-electron chi connectivity index (χ1n) is 5.39. The molecule has 0 radical (unpaired) electrons. The lowest BCUT2D eigenvalue weighted by Gasteiger charge is -2.29. The van der Waals surface area contributed by atoms with Crippen molar-refractivity contribution in [3.8, 4) is 0 Å². The fourth-order valence-corrected chi connectivity index (χ4v) is 4.25. The van der Waals surface area contributed by atoms with Crippen LogP contribution in [-0.4, -0.2) is 66.8 Å². The van der Waals surface area contributed by atoms with E-state index in [2.05, 4.69) is 4.74 Å². The second kappa shape index (κ2) is 7.46. The first kappa shape index (κ1) is 20.2. The molecule has 0 amide bonds. The van der Waals surface area contributed by atoms with Crippen LogP contribution in [0.4, 0.5) is 0 Å². The van der Waals surface area contributed by atoms with Gasteiger partial charge in [-0.3, -0.25) is 18.7 Å². The minimum Gasteiger partial charge on any atom is -0.481 e. The maximum Gasteiger partial charge on any atom is 0.340 e. The lowest BCUT2D eigenvalue weighted by molar-refractivity contribution is -0.140. The van der Waals surface area contributed by atoms with Gasteiger partial charge in [-0.2, -0.15) is 0 Å². The van der Waals surface area contributed by atoms with Crippen LogP contribution >= 0.6 is 15.2 Å². The van der Waals surface area contributed by atoms with Gasteiger partial charge in [-0.25, -0.2) is 0 Å². The highest BCUT2D eigenvalue weighted by Gasteiger charge is 2.53. The zero-order valence-corrected chi connectivity index (χ0v) is 12.6. The minimum absolute atomic E-state index is 0.335. The summed E-state index contributed by atoms with van der Waals surface area (Å²) < 4.78 is 27.1. The fourth-order valence-electron chi connectivity index (χ4n) is 1.90. The normalized spacial score (nSPS) is 17.0. The molecule has 0 aromatic carbocycles. The van der Waals surface area contributed by atoms with Crippen LogP contribution in [0.2, 0.25) is 0 Å². The van der Waals surface area contributed by atoms with Crippen LogP contribution in [0.25, 0.3) is 0 Å². The van der Waals surface area contributed by atoms with E-state index in [4.69, 9.17) is 29.8 Å². The molecule has 0 aliphatic carbocycles. The maximum absolute atomic E-state index is 11.3. The van der Waals surface area contributed by atoms with Crippen LogP contribution in [0, 0.1) is 5.92 Å². The van der Waals surface area contributed by atoms with E-state index in [0.29, 0.717) is 0 Å². The molecule has 0 bridgehead atoms. The summed E-state index contributed by atoms with van der Waals surface area (Å²) in [5.41, 5.74) is -5.14. The first-order chi connectivity index (χ1) is 9.34. The van der Waals surface area contributed by atoms with E-state index in [9.17, 15) is 18.7 Å². The molecule has 0 saturated carbocycles. The Bertz CT molecular complexity index is 437. The van der Waals surface area contributed by atoms with Gasteiger partial charge in [0.1, 0.15) is 0 Å². The zero-order chi connectivity index (χ0) is 17.0. The monoisotopic (exact) mass is 350 g/mol. The highest BCUT2D eigenvalue weighted by Crippen LogP contribution is 2.54. The molecule has 11 nitrogen and oxygen atoms in total. The Morgan fingerprint density at radius 1 is 0.952 bits per heavy atom. The molecule has 0 aromatic rings. The lowest BCUT2D eigenvalue weighted by atomic mass is 9.96. The third-order valence-corrected chi connectivity index (χ3v) is 5.35. The van der Waals surface area contributed by atoms with Crippen molar-refractivity contribution in [2.45, 2.75) is 17.7 Å². The van der Waals surface area contributed by atoms with Gasteiger partial charge in [0.25, 0.3) is 0 Å². The molecular weight excluding hydrogens is 334 g/mol. The summed E-state index contributed by atoms with van der Waals surface area (Å²) in [4.78, 5) is 58.3. The van der Waals surface area contributed by atoms with Crippen LogP contribution in [0.15, 0.2) is 0 Å². The molecule has 0 aliphatic rings. The molecule has 2 atom stereocenters. The molecule has 21 heavy (non-hydrogen) atoms. The second-order valence-corrected chi connectivity index (χ2v) is 7.66. The number of carboxylic acid groups (broad SMARTS) is 2. The van der Waals surface area contributed by atoms with E-state index in [1.165, 1.54) is 0 Å². The van der Waals surface area contributed by atoms with Crippen molar-refractivity contribution in [2.75, 3.05) is 13.7 Å². The van der Waals surface area contributed by atoms with Gasteiger partial charge >= 0.3 is 27.1 Å². The molecule has 0 rings (SSSR count). The highest BCUT2D eigenvalue weighted by atomic mass is 31.2. The van der Waals surface area contributed by atoms with Gasteiger partial charge in [0.15, 0.2) is 11.3 Å². The Morgan fingerprint density at radius 3 is 1.48 bits per heavy atom. The molecule has 124 valence electrons. The van der Waals surface area contributed by atoms with Gasteiger partial charge in [0, 0.05) is 19.6 Å². The molecular formula is C8H16O11P2. The highest BCUT2D eigenvalue weighted by molar-refractivity contribution is 7.55. The number of carbonyl (C=O) groups is 2. The van der Waals surface area contributed by atoms with E-state index in [0.717, 1.165) is 7.11 Å². The van der Waals surface area contributed by atoms with Crippen molar-refractivity contribution >= 4 is 27.1 Å². The summed E-state index contributed by atoms with van der Waals surface area (Å²) >= 11 is 0. The Morgan fingerprint density at radius 2 is 1.29 bits per heavy atom. The van der Waals surface area contributed by atoms with Crippen LogP contribution < -0.4 is 0 Å². The minimum atomic E-state index is -5.35. The molecule has 13 heteroatoms. The molecule has 0 aliphatic heterocycles. The Balaban J connectivity index is 5.94. The van der Waals surface area contributed by atoms with Crippen LogP contribution in [0.5, 0.6) is 0 Å². The van der Waals surface area contributed by atoms with E-state index >= 15 is 0 Å². The van der Waals surface area contributed by atoms with Gasteiger partial charge in [-0.1, -0.05) is 0 Å². The largest absolute Gasteiger partial charge is 0.481 e. The summed E-state index contributed by atoms with van der Waals surface area (Å²) in [6.07, 6.45) is -0.569. The van der Waals surface area contributed by atoms with E-state index in [1.54, 1.807) is 0 Å². The third-order valence-electron chi connectivity index (χ3n) is 2.70. The third kappa shape index (κ3) is 5.84. The summed E-state index contributed by atoms with van der Waals surface area (Å²) in [7, 11) is -9.56. The molecule has 2 unspecified atom stereocenters. The Kier molecular flexibility index (Phi) is 7.17. The van der Waals surface area contributed by atoms with Crippen molar-refractivity contribution in [2.24, 2.45) is 5.92 Å². The van der Waals surface area contributed by atoms with E-state index < -0.39 is 50.8 Å². The molecule has 0 saturated heterocycles. The summed E-state index contributed by atoms with van der Waals surface area (Å²) in [6.45, 7) is -0.335. The number of ether oxygens (including phenoxy) is 1. The number of rotatable bonds is 9. The van der Waals surface area contributed by atoms with Gasteiger partial charge in [-0.05, 0) is 6.42 Å². The lowest BCUT2D eigenvalue weighted by Crippen LogP contribution is -2.41. The molecule has 6 N–H and O–H groups in total. The molecule has 0 fully saturated rings. The van der Waals surface area contributed by atoms with Crippen molar-refractivity contribution in [1.29, 1.82) is 0 Å². The number of hydrogen-bond acceptors (Lipinski definition) is 5. The number of methoxy groups -OCH3 is 1. The quantitative estimate of drug-likeness (QED) is 0.276.